The van der Waals surface area contributed by atoms with Crippen molar-refractivity contribution in [1.82, 2.24) is 9.80 Å². The maximum Gasteiger partial charge on any atom is 0.416 e. The number of piperazine rings is 1. The molecule has 2 aliphatic rings. The fourth-order valence-electron chi connectivity index (χ4n) is 5.45. The number of carbonyl (C=O) groups is 2. The molecule has 0 aliphatic carbocycles. The van der Waals surface area contributed by atoms with Crippen LogP contribution in [0.15, 0.2) is 78.0 Å². The lowest BCUT2D eigenvalue weighted by Crippen LogP contribution is -2.54. The first-order valence-electron chi connectivity index (χ1n) is 13.4. The van der Waals surface area contributed by atoms with Crippen LogP contribution in [0.5, 0.6) is 0 Å². The van der Waals surface area contributed by atoms with Gasteiger partial charge in [-0.25, -0.2) is 0 Å². The standard InChI is InChI=1S/C31H31F3N4O3/c1-21-5-3-4-6-27(21)22-7-9-23(10-8-22)29(39)38-20-25(35-41-2)19-28(38)30(40)37-17-15-36(16-18-37)26-13-11-24(12-14-26)31(32,33)34/h3-14,28H,15-20H2,1-2H3. The minimum atomic E-state index is -4.39. The molecule has 1 atom stereocenters. The van der Waals surface area contributed by atoms with Crippen LogP contribution >= 0.6 is 0 Å². The van der Waals surface area contributed by atoms with E-state index in [0.29, 0.717) is 43.1 Å². The number of nitrogens with zero attached hydrogens (tertiary/aromatic N) is 4. The lowest BCUT2D eigenvalue weighted by molar-refractivity contribution is -0.137. The summed E-state index contributed by atoms with van der Waals surface area (Å²) >= 11 is 0. The second-order valence-electron chi connectivity index (χ2n) is 10.2. The first-order chi connectivity index (χ1) is 19.7. The first kappa shape index (κ1) is 28.2. The van der Waals surface area contributed by atoms with Crippen LogP contribution in [0.25, 0.3) is 11.1 Å². The number of likely N-dealkylation sites (tertiary alicyclic amines) is 1. The summed E-state index contributed by atoms with van der Waals surface area (Å²) in [6.07, 6.45) is -4.11. The normalized spacial score (nSPS) is 18.6. The molecule has 5 rings (SSSR count). The summed E-state index contributed by atoms with van der Waals surface area (Å²) in [5.41, 5.74) is 4.29. The smallest absolute Gasteiger partial charge is 0.399 e. The van der Waals surface area contributed by atoms with Gasteiger partial charge in [0.1, 0.15) is 13.2 Å². The molecule has 2 fully saturated rings. The molecule has 0 radical (unpaired) electrons. The van der Waals surface area contributed by atoms with E-state index in [-0.39, 0.29) is 24.8 Å². The predicted octanol–water partition coefficient (Wildman–Crippen LogP) is 5.25. The molecule has 0 saturated carbocycles. The van der Waals surface area contributed by atoms with Gasteiger partial charge >= 0.3 is 6.18 Å². The van der Waals surface area contributed by atoms with E-state index in [1.165, 1.54) is 19.2 Å². The summed E-state index contributed by atoms with van der Waals surface area (Å²) in [5.74, 6) is -0.437. The fourth-order valence-corrected chi connectivity index (χ4v) is 5.45. The monoisotopic (exact) mass is 564 g/mol. The number of hydrogen-bond donors (Lipinski definition) is 0. The SMILES string of the molecule is CON=C1CC(C(=O)N2CCN(c3ccc(C(F)(F)F)cc3)CC2)N(C(=O)c2ccc(-c3ccccc3C)cc2)C1. The van der Waals surface area contributed by atoms with E-state index < -0.39 is 17.8 Å². The third kappa shape index (κ3) is 6.06. The predicted molar refractivity (Wildman–Crippen MR) is 151 cm³/mol. The van der Waals surface area contributed by atoms with E-state index >= 15 is 0 Å². The molecule has 2 aliphatic heterocycles. The number of amides is 2. The minimum Gasteiger partial charge on any atom is -0.399 e. The maximum atomic E-state index is 13.7. The fraction of sp³-hybridized carbons (Fsp3) is 0.323. The molecular formula is C31H31F3N4O3. The van der Waals surface area contributed by atoms with Crippen LogP contribution in [0.2, 0.25) is 0 Å². The van der Waals surface area contributed by atoms with Crippen molar-refractivity contribution in [3.63, 3.8) is 0 Å². The Morgan fingerprint density at radius 2 is 1.56 bits per heavy atom. The van der Waals surface area contributed by atoms with E-state index in [2.05, 4.69) is 5.16 Å². The number of aryl methyl sites for hydroxylation is 1. The summed E-state index contributed by atoms with van der Waals surface area (Å²) < 4.78 is 38.8. The summed E-state index contributed by atoms with van der Waals surface area (Å²) in [5, 5.41) is 4.03. The summed E-state index contributed by atoms with van der Waals surface area (Å²) in [7, 11) is 1.43. The molecule has 2 saturated heterocycles. The molecule has 0 spiro atoms. The molecule has 0 aromatic heterocycles. The van der Waals surface area contributed by atoms with Gasteiger partial charge in [-0.15, -0.1) is 0 Å². The van der Waals surface area contributed by atoms with Gasteiger partial charge in [-0.05, 0) is 60.0 Å². The van der Waals surface area contributed by atoms with Crippen molar-refractivity contribution in [3.05, 3.63) is 89.5 Å². The largest absolute Gasteiger partial charge is 0.416 e. The third-order valence-corrected chi connectivity index (χ3v) is 7.66. The number of carbonyl (C=O) groups excluding carboxylic acids is 2. The molecule has 2 amide bonds. The number of hydrogen-bond acceptors (Lipinski definition) is 5. The number of rotatable bonds is 5. The van der Waals surface area contributed by atoms with Crippen LogP contribution in [0.3, 0.4) is 0 Å². The Bertz CT molecular complexity index is 1430. The highest BCUT2D eigenvalue weighted by Gasteiger charge is 2.41. The average molecular weight is 565 g/mol. The number of anilines is 1. The van der Waals surface area contributed by atoms with E-state index in [0.717, 1.165) is 28.8 Å². The zero-order chi connectivity index (χ0) is 29.1. The third-order valence-electron chi connectivity index (χ3n) is 7.66. The van der Waals surface area contributed by atoms with Crippen LogP contribution in [0.4, 0.5) is 18.9 Å². The molecule has 3 aromatic rings. The summed E-state index contributed by atoms with van der Waals surface area (Å²) in [4.78, 5) is 37.4. The summed E-state index contributed by atoms with van der Waals surface area (Å²) in [6.45, 7) is 3.94. The summed E-state index contributed by atoms with van der Waals surface area (Å²) in [6, 6.07) is 19.7. The van der Waals surface area contributed by atoms with Gasteiger partial charge in [0.05, 0.1) is 17.8 Å². The van der Waals surface area contributed by atoms with Crippen molar-refractivity contribution in [3.8, 4) is 11.1 Å². The van der Waals surface area contributed by atoms with Crippen molar-refractivity contribution >= 4 is 23.2 Å². The molecular weight excluding hydrogens is 533 g/mol. The van der Waals surface area contributed by atoms with Crippen LogP contribution in [-0.4, -0.2) is 73.2 Å². The van der Waals surface area contributed by atoms with Crippen LogP contribution in [0.1, 0.15) is 27.9 Å². The zero-order valence-electron chi connectivity index (χ0n) is 22.9. The Labute approximate surface area is 236 Å². The molecule has 10 heteroatoms. The molecule has 0 bridgehead atoms. The Hall–Kier alpha value is -4.34. The number of alkyl halides is 3. The van der Waals surface area contributed by atoms with Crippen LogP contribution in [-0.2, 0) is 15.8 Å². The number of oxime groups is 1. The van der Waals surface area contributed by atoms with Crippen molar-refractivity contribution in [2.45, 2.75) is 25.6 Å². The Balaban J connectivity index is 1.28. The highest BCUT2D eigenvalue weighted by molar-refractivity contribution is 6.05. The topological polar surface area (TPSA) is 65.5 Å². The molecule has 1 unspecified atom stereocenters. The molecule has 2 heterocycles. The quantitative estimate of drug-likeness (QED) is 0.398. The van der Waals surface area contributed by atoms with Gasteiger partial charge in [0, 0.05) is 43.9 Å². The van der Waals surface area contributed by atoms with Crippen molar-refractivity contribution in [2.75, 3.05) is 44.7 Å². The minimum absolute atomic E-state index is 0.178. The zero-order valence-corrected chi connectivity index (χ0v) is 22.9. The van der Waals surface area contributed by atoms with E-state index in [1.54, 1.807) is 21.9 Å². The van der Waals surface area contributed by atoms with E-state index in [4.69, 9.17) is 4.84 Å². The molecule has 3 aromatic carbocycles. The van der Waals surface area contributed by atoms with Gasteiger partial charge in [-0.1, -0.05) is 41.6 Å². The highest BCUT2D eigenvalue weighted by Crippen LogP contribution is 2.31. The molecule has 41 heavy (non-hydrogen) atoms. The second-order valence-corrected chi connectivity index (χ2v) is 10.2. The van der Waals surface area contributed by atoms with Crippen molar-refractivity contribution in [1.29, 1.82) is 0 Å². The first-order valence-corrected chi connectivity index (χ1v) is 13.4. The Morgan fingerprint density at radius 3 is 2.17 bits per heavy atom. The van der Waals surface area contributed by atoms with E-state index in [1.807, 2.05) is 48.2 Å². The second kappa shape index (κ2) is 11.6. The van der Waals surface area contributed by atoms with Gasteiger partial charge in [-0.3, -0.25) is 9.59 Å². The molecule has 0 N–H and O–H groups in total. The van der Waals surface area contributed by atoms with Gasteiger partial charge in [0.15, 0.2) is 0 Å². The van der Waals surface area contributed by atoms with Crippen LogP contribution < -0.4 is 4.90 Å². The van der Waals surface area contributed by atoms with Gasteiger partial charge in [0.2, 0.25) is 5.91 Å². The van der Waals surface area contributed by atoms with Crippen molar-refractivity contribution in [2.24, 2.45) is 5.16 Å². The van der Waals surface area contributed by atoms with Gasteiger partial charge in [0.25, 0.3) is 5.91 Å². The van der Waals surface area contributed by atoms with Crippen LogP contribution in [0, 0.1) is 6.92 Å². The average Bonchev–Trinajstić information content (AvgIpc) is 3.40. The lowest BCUT2D eigenvalue weighted by atomic mass is 9.99. The molecule has 7 nitrogen and oxygen atoms in total. The molecule has 214 valence electrons. The van der Waals surface area contributed by atoms with Gasteiger partial charge < -0.3 is 19.5 Å². The van der Waals surface area contributed by atoms with Gasteiger partial charge in [-0.2, -0.15) is 13.2 Å². The van der Waals surface area contributed by atoms with E-state index in [9.17, 15) is 22.8 Å². The highest BCUT2D eigenvalue weighted by atomic mass is 19.4. The Kier molecular flexibility index (Phi) is 8.01. The number of halogens is 3. The maximum absolute atomic E-state index is 13.7. The lowest BCUT2D eigenvalue weighted by Gasteiger charge is -2.38. The van der Waals surface area contributed by atoms with Crippen molar-refractivity contribution < 1.29 is 27.6 Å². The Morgan fingerprint density at radius 1 is 0.902 bits per heavy atom. The number of benzene rings is 3.